The van der Waals surface area contributed by atoms with Gasteiger partial charge in [-0.05, 0) is 31.0 Å². The first kappa shape index (κ1) is 20.5. The van der Waals surface area contributed by atoms with Gasteiger partial charge in [0.2, 0.25) is 0 Å². The van der Waals surface area contributed by atoms with Crippen molar-refractivity contribution in [2.24, 2.45) is 5.73 Å². The second-order valence-electron chi connectivity index (χ2n) is 6.81. The number of halogens is 1. The first-order valence-electron chi connectivity index (χ1n) is 8.92. The lowest BCUT2D eigenvalue weighted by atomic mass is 10.1. The second-order valence-corrected chi connectivity index (χ2v) is 8.34. The number of carbonyl (C=O) groups excluding carboxylic acids is 1. The maximum Gasteiger partial charge on any atom is 0.251 e. The highest BCUT2D eigenvalue weighted by Gasteiger charge is 2.32. The molecule has 0 saturated carbocycles. The molecule has 148 valence electrons. The molecule has 4 N–H and O–H groups in total. The molecular formula is C20H23ClN4O2S. The van der Waals surface area contributed by atoms with E-state index in [0.29, 0.717) is 11.6 Å². The zero-order chi connectivity index (χ0) is 20.3. The number of rotatable bonds is 7. The van der Waals surface area contributed by atoms with E-state index >= 15 is 0 Å². The highest BCUT2D eigenvalue weighted by Crippen LogP contribution is 2.43. The standard InChI is InChI=1S/C20H23ClN4O2S/c1-12(2)24-18-7-15(16(21)8-23-18)17-10-25(20(28-17)19(22)27)9-13-5-3-4-6-14(13)11-26/h3-8,10,12,20,26H,9,11H2,1-2H3,(H2,22,27)(H,23,24). The molecule has 2 aromatic rings. The molecule has 1 aromatic carbocycles. The summed E-state index contributed by atoms with van der Waals surface area (Å²) < 4.78 is 0. The van der Waals surface area contributed by atoms with Crippen LogP contribution >= 0.6 is 23.4 Å². The fourth-order valence-electron chi connectivity index (χ4n) is 2.98. The Balaban J connectivity index is 1.92. The number of nitrogens with one attached hydrogen (secondary N) is 1. The van der Waals surface area contributed by atoms with Crippen LogP contribution < -0.4 is 11.1 Å². The summed E-state index contributed by atoms with van der Waals surface area (Å²) in [6, 6.07) is 9.70. The molecule has 0 aliphatic carbocycles. The molecule has 3 rings (SSSR count). The number of nitrogens with zero attached hydrogens (tertiary/aromatic N) is 2. The quantitative estimate of drug-likeness (QED) is 0.638. The Labute approximate surface area is 173 Å². The number of nitrogens with two attached hydrogens (primary N) is 1. The number of benzene rings is 1. The van der Waals surface area contributed by atoms with Crippen molar-refractivity contribution >= 4 is 40.0 Å². The molecule has 8 heteroatoms. The van der Waals surface area contributed by atoms with Crippen molar-refractivity contribution in [2.75, 3.05) is 5.32 Å². The lowest BCUT2D eigenvalue weighted by molar-refractivity contribution is -0.119. The number of hydrogen-bond donors (Lipinski definition) is 3. The monoisotopic (exact) mass is 418 g/mol. The minimum absolute atomic E-state index is 0.0601. The molecule has 1 amide bonds. The van der Waals surface area contributed by atoms with Crippen LogP contribution in [0.5, 0.6) is 0 Å². The summed E-state index contributed by atoms with van der Waals surface area (Å²) in [5.74, 6) is 0.291. The van der Waals surface area contributed by atoms with Gasteiger partial charge < -0.3 is 21.1 Å². The predicted octanol–water partition coefficient (Wildman–Crippen LogP) is 3.41. The maximum atomic E-state index is 12.1. The van der Waals surface area contributed by atoms with Crippen LogP contribution in [-0.2, 0) is 17.9 Å². The Hall–Kier alpha value is -2.22. The van der Waals surface area contributed by atoms with Crippen LogP contribution in [0.15, 0.2) is 42.7 Å². The van der Waals surface area contributed by atoms with Gasteiger partial charge >= 0.3 is 0 Å². The third kappa shape index (κ3) is 4.60. The van der Waals surface area contributed by atoms with Gasteiger partial charge in [-0.2, -0.15) is 0 Å². The zero-order valence-corrected chi connectivity index (χ0v) is 17.3. The number of amides is 1. The van der Waals surface area contributed by atoms with Gasteiger partial charge in [0.25, 0.3) is 5.91 Å². The van der Waals surface area contributed by atoms with Crippen molar-refractivity contribution in [2.45, 2.75) is 38.4 Å². The minimum Gasteiger partial charge on any atom is -0.392 e. The van der Waals surface area contributed by atoms with Gasteiger partial charge in [-0.3, -0.25) is 4.79 Å². The van der Waals surface area contributed by atoms with Gasteiger partial charge in [0.15, 0.2) is 5.37 Å². The molecule has 0 bridgehead atoms. The molecule has 1 atom stereocenters. The van der Waals surface area contributed by atoms with Gasteiger partial charge in [-0.1, -0.05) is 47.6 Å². The number of anilines is 1. The number of aromatic nitrogens is 1. The van der Waals surface area contributed by atoms with E-state index in [0.717, 1.165) is 27.4 Å². The molecule has 2 heterocycles. The molecule has 28 heavy (non-hydrogen) atoms. The Morgan fingerprint density at radius 3 is 2.75 bits per heavy atom. The minimum atomic E-state index is -0.549. The molecule has 0 saturated heterocycles. The maximum absolute atomic E-state index is 12.1. The Morgan fingerprint density at radius 1 is 1.39 bits per heavy atom. The Kier molecular flexibility index (Phi) is 6.49. The molecule has 0 fully saturated rings. The summed E-state index contributed by atoms with van der Waals surface area (Å²) >= 11 is 7.75. The highest BCUT2D eigenvalue weighted by molar-refractivity contribution is 8.09. The summed E-state index contributed by atoms with van der Waals surface area (Å²) in [4.78, 5) is 19.1. The molecule has 1 aliphatic rings. The van der Waals surface area contributed by atoms with Crippen LogP contribution in [0.2, 0.25) is 5.02 Å². The summed E-state index contributed by atoms with van der Waals surface area (Å²) in [6.07, 6.45) is 3.50. The second kappa shape index (κ2) is 8.86. The van der Waals surface area contributed by atoms with Crippen molar-refractivity contribution < 1.29 is 9.90 Å². The van der Waals surface area contributed by atoms with E-state index < -0.39 is 11.3 Å². The molecular weight excluding hydrogens is 396 g/mol. The van der Waals surface area contributed by atoms with Crippen molar-refractivity contribution in [1.29, 1.82) is 0 Å². The van der Waals surface area contributed by atoms with E-state index in [1.165, 1.54) is 11.8 Å². The van der Waals surface area contributed by atoms with E-state index in [2.05, 4.69) is 10.3 Å². The Bertz CT molecular complexity index is 904. The predicted molar refractivity (Wildman–Crippen MR) is 114 cm³/mol. The Morgan fingerprint density at radius 2 is 2.11 bits per heavy atom. The number of thioether (sulfide) groups is 1. The molecule has 1 unspecified atom stereocenters. The number of carbonyl (C=O) groups is 1. The fraction of sp³-hybridized carbons (Fsp3) is 0.300. The van der Waals surface area contributed by atoms with Crippen LogP contribution in [0, 0.1) is 0 Å². The summed E-state index contributed by atoms with van der Waals surface area (Å²) in [6.45, 7) is 4.46. The normalized spacial score (nSPS) is 16.4. The summed E-state index contributed by atoms with van der Waals surface area (Å²) in [7, 11) is 0. The topological polar surface area (TPSA) is 91.5 Å². The molecule has 0 spiro atoms. The van der Waals surface area contributed by atoms with E-state index in [4.69, 9.17) is 17.3 Å². The SMILES string of the molecule is CC(C)Nc1cc(C2=CN(Cc3ccccc3CO)C(C(N)=O)S2)c(Cl)cn1. The third-order valence-electron chi connectivity index (χ3n) is 4.27. The van der Waals surface area contributed by atoms with Gasteiger partial charge in [0.1, 0.15) is 5.82 Å². The van der Waals surface area contributed by atoms with E-state index in [9.17, 15) is 9.90 Å². The average Bonchev–Trinajstić information content (AvgIpc) is 3.07. The average molecular weight is 419 g/mol. The van der Waals surface area contributed by atoms with Gasteiger partial charge in [-0.15, -0.1) is 0 Å². The zero-order valence-electron chi connectivity index (χ0n) is 15.7. The number of pyridine rings is 1. The summed E-state index contributed by atoms with van der Waals surface area (Å²) in [5.41, 5.74) is 8.21. The van der Waals surface area contributed by atoms with Crippen molar-refractivity contribution in [3.8, 4) is 0 Å². The first-order chi connectivity index (χ1) is 13.4. The smallest absolute Gasteiger partial charge is 0.251 e. The molecule has 0 radical (unpaired) electrons. The van der Waals surface area contributed by atoms with Crippen LogP contribution in [0.4, 0.5) is 5.82 Å². The van der Waals surface area contributed by atoms with Gasteiger partial charge in [0, 0.05) is 35.5 Å². The van der Waals surface area contributed by atoms with Crippen molar-refractivity contribution in [3.63, 3.8) is 0 Å². The van der Waals surface area contributed by atoms with E-state index in [-0.39, 0.29) is 12.6 Å². The molecule has 1 aliphatic heterocycles. The largest absolute Gasteiger partial charge is 0.392 e. The lowest BCUT2D eigenvalue weighted by Gasteiger charge is -2.23. The van der Waals surface area contributed by atoms with Crippen molar-refractivity contribution in [1.82, 2.24) is 9.88 Å². The van der Waals surface area contributed by atoms with Crippen molar-refractivity contribution in [3.05, 3.63) is 64.4 Å². The lowest BCUT2D eigenvalue weighted by Crippen LogP contribution is -2.36. The third-order valence-corrected chi connectivity index (χ3v) is 5.87. The number of primary amides is 1. The van der Waals surface area contributed by atoms with Gasteiger partial charge in [0.05, 0.1) is 11.6 Å². The highest BCUT2D eigenvalue weighted by atomic mass is 35.5. The molecule has 1 aromatic heterocycles. The summed E-state index contributed by atoms with van der Waals surface area (Å²) in [5, 5.41) is 12.8. The number of aliphatic hydroxyl groups is 1. The van der Waals surface area contributed by atoms with Crippen LogP contribution in [-0.4, -0.2) is 32.3 Å². The van der Waals surface area contributed by atoms with Gasteiger partial charge in [-0.25, -0.2) is 4.98 Å². The van der Waals surface area contributed by atoms with Crippen LogP contribution in [0.25, 0.3) is 4.91 Å². The van der Waals surface area contributed by atoms with E-state index in [1.54, 1.807) is 6.20 Å². The first-order valence-corrected chi connectivity index (χ1v) is 10.2. The molecule has 6 nitrogen and oxygen atoms in total. The van der Waals surface area contributed by atoms with Crippen LogP contribution in [0.3, 0.4) is 0 Å². The van der Waals surface area contributed by atoms with Crippen LogP contribution in [0.1, 0.15) is 30.5 Å². The van der Waals surface area contributed by atoms with E-state index in [1.807, 2.05) is 55.3 Å². The number of aliphatic hydroxyl groups excluding tert-OH is 1. The fourth-order valence-corrected chi connectivity index (χ4v) is 4.37. The number of hydrogen-bond acceptors (Lipinski definition) is 6.